The Bertz CT molecular complexity index is 415. The lowest BCUT2D eigenvalue weighted by Gasteiger charge is -2.57. The quantitative estimate of drug-likeness (QED) is 0.722. The molecule has 5 heteroatoms. The van der Waals surface area contributed by atoms with Crippen LogP contribution in [-0.4, -0.2) is 57.7 Å². The highest BCUT2D eigenvalue weighted by molar-refractivity contribution is 7.90. The first-order valence-electron chi connectivity index (χ1n) is 7.88. The zero-order chi connectivity index (χ0) is 14.8. The molecule has 0 amide bonds. The molecule has 0 aromatic heterocycles. The van der Waals surface area contributed by atoms with Crippen LogP contribution in [0.25, 0.3) is 0 Å². The molecule has 0 aromatic carbocycles. The van der Waals surface area contributed by atoms with Crippen LogP contribution in [0.1, 0.15) is 45.4 Å². The average Bonchev–Trinajstić information content (AvgIpc) is 2.84. The minimum atomic E-state index is -2.83. The second-order valence-corrected chi connectivity index (χ2v) is 8.86. The van der Waals surface area contributed by atoms with Gasteiger partial charge in [0.1, 0.15) is 9.84 Å². The Labute approximate surface area is 123 Å². The van der Waals surface area contributed by atoms with Crippen molar-refractivity contribution in [3.63, 3.8) is 0 Å². The maximum atomic E-state index is 11.2. The number of rotatable bonds is 7. The fourth-order valence-corrected chi connectivity index (χ4v) is 4.85. The van der Waals surface area contributed by atoms with Gasteiger partial charge in [0.05, 0.1) is 11.9 Å². The molecule has 118 valence electrons. The van der Waals surface area contributed by atoms with Gasteiger partial charge in [-0.3, -0.25) is 0 Å². The van der Waals surface area contributed by atoms with Crippen LogP contribution in [0.4, 0.5) is 0 Å². The fraction of sp³-hybridized carbons (Fsp3) is 1.00. The van der Waals surface area contributed by atoms with Crippen molar-refractivity contribution in [1.82, 2.24) is 4.90 Å². The molecule has 2 atom stereocenters. The summed E-state index contributed by atoms with van der Waals surface area (Å²) in [5.41, 5.74) is 0.357. The van der Waals surface area contributed by atoms with Gasteiger partial charge in [-0.1, -0.05) is 12.8 Å². The second-order valence-electron chi connectivity index (χ2n) is 6.60. The largest absolute Gasteiger partial charge is 0.378 e. The summed E-state index contributed by atoms with van der Waals surface area (Å²) in [4.78, 5) is 2.38. The molecule has 2 saturated carbocycles. The number of hydrogen-bond donors (Lipinski definition) is 0. The molecule has 0 saturated heterocycles. The topological polar surface area (TPSA) is 46.6 Å². The lowest BCUT2D eigenvalue weighted by atomic mass is 9.60. The zero-order valence-corrected chi connectivity index (χ0v) is 13.9. The van der Waals surface area contributed by atoms with E-state index in [1.54, 1.807) is 0 Å². The van der Waals surface area contributed by atoms with E-state index in [-0.39, 0.29) is 0 Å². The number of nitrogens with zero attached hydrogens (tertiary/aromatic N) is 1. The monoisotopic (exact) mass is 303 g/mol. The molecule has 0 aromatic rings. The highest BCUT2D eigenvalue weighted by Crippen LogP contribution is 2.56. The zero-order valence-electron chi connectivity index (χ0n) is 13.1. The van der Waals surface area contributed by atoms with Gasteiger partial charge in [-0.25, -0.2) is 8.42 Å². The maximum Gasteiger partial charge on any atom is 0.147 e. The predicted molar refractivity (Wildman–Crippen MR) is 81.7 cm³/mol. The van der Waals surface area contributed by atoms with Crippen LogP contribution in [-0.2, 0) is 14.6 Å². The van der Waals surface area contributed by atoms with Gasteiger partial charge >= 0.3 is 0 Å². The highest BCUT2D eigenvalue weighted by Gasteiger charge is 2.57. The van der Waals surface area contributed by atoms with E-state index in [9.17, 15) is 8.42 Å². The van der Waals surface area contributed by atoms with E-state index in [0.717, 1.165) is 26.0 Å². The highest BCUT2D eigenvalue weighted by atomic mass is 32.2. The standard InChI is InChI=1S/C15H29NO3S/c1-4-19-14-12-13(15(14)8-5-6-9-15)16(2)10-7-11-20(3,17)18/h13-14H,4-12H2,1-3H3. The van der Waals surface area contributed by atoms with E-state index in [4.69, 9.17) is 4.74 Å². The van der Waals surface area contributed by atoms with Gasteiger partial charge in [-0.2, -0.15) is 0 Å². The van der Waals surface area contributed by atoms with Crippen molar-refractivity contribution < 1.29 is 13.2 Å². The van der Waals surface area contributed by atoms with Crippen LogP contribution in [0.5, 0.6) is 0 Å². The van der Waals surface area contributed by atoms with Gasteiger partial charge in [0.2, 0.25) is 0 Å². The lowest BCUT2D eigenvalue weighted by molar-refractivity contribution is -0.160. The summed E-state index contributed by atoms with van der Waals surface area (Å²) in [7, 11) is -0.684. The molecule has 0 aliphatic heterocycles. The van der Waals surface area contributed by atoms with Crippen LogP contribution in [0.2, 0.25) is 0 Å². The molecule has 2 unspecified atom stereocenters. The Morgan fingerprint density at radius 1 is 1.30 bits per heavy atom. The van der Waals surface area contributed by atoms with Crippen LogP contribution >= 0.6 is 0 Å². The summed E-state index contributed by atoms with van der Waals surface area (Å²) >= 11 is 0. The molecule has 0 N–H and O–H groups in total. The van der Waals surface area contributed by atoms with Crippen LogP contribution in [0, 0.1) is 5.41 Å². The van der Waals surface area contributed by atoms with Gasteiger partial charge in [0.25, 0.3) is 0 Å². The van der Waals surface area contributed by atoms with Crippen molar-refractivity contribution in [1.29, 1.82) is 0 Å². The molecule has 2 fully saturated rings. The van der Waals surface area contributed by atoms with Crippen molar-refractivity contribution in [2.45, 2.75) is 57.6 Å². The molecule has 2 aliphatic carbocycles. The van der Waals surface area contributed by atoms with Crippen molar-refractivity contribution in [3.05, 3.63) is 0 Å². The van der Waals surface area contributed by atoms with Gasteiger partial charge in [-0.15, -0.1) is 0 Å². The summed E-state index contributed by atoms with van der Waals surface area (Å²) in [5, 5.41) is 0. The normalized spacial score (nSPS) is 29.0. The molecule has 1 spiro atoms. The summed E-state index contributed by atoms with van der Waals surface area (Å²) < 4.78 is 28.4. The Hall–Kier alpha value is -0.130. The third-order valence-corrected chi connectivity index (χ3v) is 6.23. The molecule has 0 radical (unpaired) electrons. The van der Waals surface area contributed by atoms with Crippen LogP contribution in [0.3, 0.4) is 0 Å². The van der Waals surface area contributed by atoms with Crippen molar-refractivity contribution >= 4 is 9.84 Å². The van der Waals surface area contributed by atoms with Gasteiger partial charge in [-0.05, 0) is 46.2 Å². The molecular weight excluding hydrogens is 274 g/mol. The van der Waals surface area contributed by atoms with Gasteiger partial charge < -0.3 is 9.64 Å². The van der Waals surface area contributed by atoms with E-state index in [1.807, 2.05) is 0 Å². The SMILES string of the molecule is CCOC1CC(N(C)CCCS(C)(=O)=O)C12CCCC2. The molecule has 4 nitrogen and oxygen atoms in total. The Kier molecular flexibility index (Phi) is 5.14. The van der Waals surface area contributed by atoms with Crippen molar-refractivity contribution in [3.8, 4) is 0 Å². The van der Waals surface area contributed by atoms with Crippen LogP contribution < -0.4 is 0 Å². The molecule has 0 heterocycles. The van der Waals surface area contributed by atoms with Gasteiger partial charge in [0.15, 0.2) is 0 Å². The van der Waals surface area contributed by atoms with Crippen molar-refractivity contribution in [2.75, 3.05) is 32.2 Å². The van der Waals surface area contributed by atoms with Gasteiger partial charge in [0, 0.05) is 24.3 Å². The Morgan fingerprint density at radius 3 is 2.50 bits per heavy atom. The number of ether oxygens (including phenoxy) is 1. The molecule has 20 heavy (non-hydrogen) atoms. The van der Waals surface area contributed by atoms with E-state index >= 15 is 0 Å². The maximum absolute atomic E-state index is 11.2. The Morgan fingerprint density at radius 2 is 1.95 bits per heavy atom. The number of sulfone groups is 1. The first kappa shape index (κ1) is 16.2. The Balaban J connectivity index is 1.88. The van der Waals surface area contributed by atoms with Crippen molar-refractivity contribution in [2.24, 2.45) is 5.41 Å². The third kappa shape index (κ3) is 3.37. The summed E-state index contributed by atoms with van der Waals surface area (Å²) in [6.45, 7) is 3.75. The van der Waals surface area contributed by atoms with E-state index in [2.05, 4.69) is 18.9 Å². The average molecular weight is 303 g/mol. The minimum absolute atomic E-state index is 0.298. The second kappa shape index (κ2) is 6.32. The minimum Gasteiger partial charge on any atom is -0.378 e. The first-order valence-corrected chi connectivity index (χ1v) is 9.94. The predicted octanol–water partition coefficient (Wildman–Crippen LogP) is 2.09. The molecule has 0 bridgehead atoms. The summed E-state index contributed by atoms with van der Waals surface area (Å²) in [5.74, 6) is 0.298. The third-order valence-electron chi connectivity index (χ3n) is 5.20. The fourth-order valence-electron chi connectivity index (χ4n) is 4.20. The van der Waals surface area contributed by atoms with E-state index < -0.39 is 9.84 Å². The molecular formula is C15H29NO3S. The van der Waals surface area contributed by atoms with E-state index in [0.29, 0.717) is 23.3 Å². The lowest BCUT2D eigenvalue weighted by Crippen LogP contribution is -2.63. The summed E-state index contributed by atoms with van der Waals surface area (Å²) in [6, 6.07) is 0.584. The first-order chi connectivity index (χ1) is 9.39. The van der Waals surface area contributed by atoms with E-state index in [1.165, 1.54) is 31.9 Å². The molecule has 2 rings (SSSR count). The number of hydrogen-bond acceptors (Lipinski definition) is 4. The smallest absolute Gasteiger partial charge is 0.147 e. The van der Waals surface area contributed by atoms with Crippen LogP contribution in [0.15, 0.2) is 0 Å². The summed E-state index contributed by atoms with van der Waals surface area (Å²) in [6.07, 6.45) is 8.79. The molecule has 2 aliphatic rings.